The lowest BCUT2D eigenvalue weighted by Crippen LogP contribution is -2.46. The van der Waals surface area contributed by atoms with E-state index in [-0.39, 0.29) is 24.0 Å². The first-order valence-electron chi connectivity index (χ1n) is 9.63. The lowest BCUT2D eigenvalue weighted by molar-refractivity contribution is -0.134. The lowest BCUT2D eigenvalue weighted by atomic mass is 10.00. The molecule has 142 valence electrons. The Bertz CT molecular complexity index is 833. The van der Waals surface area contributed by atoms with Crippen LogP contribution in [0.5, 0.6) is 5.88 Å². The number of para-hydroxylation sites is 2. The number of benzene rings is 1. The van der Waals surface area contributed by atoms with Crippen LogP contribution in [0.1, 0.15) is 38.5 Å². The van der Waals surface area contributed by atoms with Crippen LogP contribution in [0.15, 0.2) is 30.5 Å². The summed E-state index contributed by atoms with van der Waals surface area (Å²) in [6, 6.07) is 7.69. The van der Waals surface area contributed by atoms with Crippen LogP contribution in [-0.4, -0.2) is 51.9 Å². The summed E-state index contributed by atoms with van der Waals surface area (Å²) in [5.41, 5.74) is 1.66. The predicted octanol–water partition coefficient (Wildman–Crippen LogP) is 2.06. The van der Waals surface area contributed by atoms with Gasteiger partial charge in [-0.05, 0) is 25.0 Å². The van der Waals surface area contributed by atoms with Gasteiger partial charge in [0.25, 0.3) is 0 Å². The fourth-order valence-corrected chi connectivity index (χ4v) is 3.76. The number of rotatable bonds is 4. The fourth-order valence-electron chi connectivity index (χ4n) is 3.76. The summed E-state index contributed by atoms with van der Waals surface area (Å²) in [6.45, 7) is 1.34. The maximum Gasteiger partial charge on any atom is 0.233 e. The molecule has 3 heterocycles. The first-order valence-corrected chi connectivity index (χ1v) is 9.63. The molecule has 7 heteroatoms. The molecule has 2 aromatic rings. The molecule has 2 fully saturated rings. The number of amides is 2. The molecule has 1 atom stereocenters. The van der Waals surface area contributed by atoms with E-state index >= 15 is 0 Å². The molecule has 1 unspecified atom stereocenters. The molecule has 4 rings (SSSR count). The second kappa shape index (κ2) is 7.90. The van der Waals surface area contributed by atoms with Crippen LogP contribution in [0, 0.1) is 0 Å². The maximum atomic E-state index is 12.5. The van der Waals surface area contributed by atoms with Gasteiger partial charge >= 0.3 is 0 Å². The summed E-state index contributed by atoms with van der Waals surface area (Å²) in [7, 11) is 0. The molecule has 2 saturated heterocycles. The number of aromatic nitrogens is 2. The molecule has 0 bridgehead atoms. The molecule has 2 amide bonds. The van der Waals surface area contributed by atoms with Gasteiger partial charge in [0.2, 0.25) is 17.7 Å². The molecule has 0 spiro atoms. The van der Waals surface area contributed by atoms with Crippen molar-refractivity contribution in [3.8, 4) is 5.88 Å². The van der Waals surface area contributed by atoms with E-state index in [0.29, 0.717) is 31.8 Å². The van der Waals surface area contributed by atoms with Gasteiger partial charge in [0, 0.05) is 44.8 Å². The number of nitrogens with one attached hydrogen (secondary N) is 1. The Labute approximate surface area is 158 Å². The van der Waals surface area contributed by atoms with Crippen molar-refractivity contribution < 1.29 is 14.3 Å². The van der Waals surface area contributed by atoms with E-state index in [1.54, 1.807) is 6.20 Å². The second-order valence-electron chi connectivity index (χ2n) is 7.26. The standard InChI is InChI=1S/C20H24N4O3/c25-18-7-3-4-14(22-18)12-20(26)24-10-8-15(9-11-24)27-19-13-21-16-5-1-2-6-17(16)23-19/h1-2,5-6,13-15H,3-4,7-12H2,(H,22,25). The van der Waals surface area contributed by atoms with Crippen molar-refractivity contribution in [2.75, 3.05) is 13.1 Å². The highest BCUT2D eigenvalue weighted by atomic mass is 16.5. The minimum Gasteiger partial charge on any atom is -0.473 e. The SMILES string of the molecule is O=C1CCCC(CC(=O)N2CCC(Oc3cnc4ccccc4n3)CC2)N1. The average molecular weight is 368 g/mol. The smallest absolute Gasteiger partial charge is 0.233 e. The van der Waals surface area contributed by atoms with Crippen LogP contribution in [-0.2, 0) is 9.59 Å². The van der Waals surface area contributed by atoms with E-state index in [1.807, 2.05) is 29.2 Å². The Morgan fingerprint density at radius 3 is 2.74 bits per heavy atom. The molecule has 1 aromatic heterocycles. The second-order valence-corrected chi connectivity index (χ2v) is 7.26. The zero-order valence-corrected chi connectivity index (χ0v) is 15.3. The zero-order chi connectivity index (χ0) is 18.6. The number of likely N-dealkylation sites (tertiary alicyclic amines) is 1. The number of ether oxygens (including phenoxy) is 1. The van der Waals surface area contributed by atoms with E-state index in [0.717, 1.165) is 36.7 Å². The molecule has 2 aliphatic heterocycles. The Hall–Kier alpha value is -2.70. The highest BCUT2D eigenvalue weighted by Gasteiger charge is 2.27. The van der Waals surface area contributed by atoms with Gasteiger partial charge in [-0.25, -0.2) is 9.97 Å². The molecule has 1 N–H and O–H groups in total. The quantitative estimate of drug-likeness (QED) is 0.893. The van der Waals surface area contributed by atoms with Gasteiger partial charge in [0.15, 0.2) is 0 Å². The fraction of sp³-hybridized carbons (Fsp3) is 0.500. The number of nitrogens with zero attached hydrogens (tertiary/aromatic N) is 3. The van der Waals surface area contributed by atoms with Gasteiger partial charge in [-0.2, -0.15) is 0 Å². The summed E-state index contributed by atoms with van der Waals surface area (Å²) < 4.78 is 5.99. The summed E-state index contributed by atoms with van der Waals surface area (Å²) in [5, 5.41) is 2.92. The Kier molecular flexibility index (Phi) is 5.18. The van der Waals surface area contributed by atoms with Crippen LogP contribution in [0.25, 0.3) is 11.0 Å². The van der Waals surface area contributed by atoms with Crippen LogP contribution >= 0.6 is 0 Å². The highest BCUT2D eigenvalue weighted by molar-refractivity contribution is 5.80. The normalized spacial score (nSPS) is 21.1. The minimum atomic E-state index is -0.0133. The van der Waals surface area contributed by atoms with Gasteiger partial charge in [-0.3, -0.25) is 9.59 Å². The highest BCUT2D eigenvalue weighted by Crippen LogP contribution is 2.20. The van der Waals surface area contributed by atoms with Crippen molar-refractivity contribution in [3.05, 3.63) is 30.5 Å². The van der Waals surface area contributed by atoms with Crippen LogP contribution in [0.3, 0.4) is 0 Å². The number of carbonyl (C=O) groups excluding carboxylic acids is 2. The van der Waals surface area contributed by atoms with Gasteiger partial charge in [0.05, 0.1) is 17.2 Å². The number of hydrogen-bond donors (Lipinski definition) is 1. The van der Waals surface area contributed by atoms with Gasteiger partial charge in [-0.15, -0.1) is 0 Å². The summed E-state index contributed by atoms with van der Waals surface area (Å²) >= 11 is 0. The Balaban J connectivity index is 1.28. The van der Waals surface area contributed by atoms with Crippen molar-refractivity contribution in [1.82, 2.24) is 20.2 Å². The van der Waals surface area contributed by atoms with Crippen LogP contribution < -0.4 is 10.1 Å². The van der Waals surface area contributed by atoms with E-state index in [9.17, 15) is 9.59 Å². The van der Waals surface area contributed by atoms with Gasteiger partial charge < -0.3 is 15.0 Å². The monoisotopic (exact) mass is 368 g/mol. The van der Waals surface area contributed by atoms with Crippen molar-refractivity contribution in [1.29, 1.82) is 0 Å². The van der Waals surface area contributed by atoms with Crippen LogP contribution in [0.4, 0.5) is 0 Å². The first kappa shape index (κ1) is 17.7. The number of hydrogen-bond acceptors (Lipinski definition) is 5. The van der Waals surface area contributed by atoms with E-state index < -0.39 is 0 Å². The third-order valence-electron chi connectivity index (χ3n) is 5.25. The number of fused-ring (bicyclic) bond motifs is 1. The molecule has 0 aliphatic carbocycles. The zero-order valence-electron chi connectivity index (χ0n) is 15.3. The van der Waals surface area contributed by atoms with Crippen molar-refractivity contribution in [3.63, 3.8) is 0 Å². The predicted molar refractivity (Wildman–Crippen MR) is 100 cm³/mol. The molecular weight excluding hydrogens is 344 g/mol. The average Bonchev–Trinajstić information content (AvgIpc) is 2.68. The van der Waals surface area contributed by atoms with Crippen molar-refractivity contribution >= 4 is 22.8 Å². The largest absolute Gasteiger partial charge is 0.473 e. The summed E-state index contributed by atoms with van der Waals surface area (Å²) in [6.07, 6.45) is 5.97. The molecular formula is C20H24N4O3. The first-order chi connectivity index (χ1) is 13.2. The van der Waals surface area contributed by atoms with Crippen molar-refractivity contribution in [2.45, 2.75) is 50.7 Å². The van der Waals surface area contributed by atoms with Crippen molar-refractivity contribution in [2.24, 2.45) is 0 Å². The molecule has 27 heavy (non-hydrogen) atoms. The van der Waals surface area contributed by atoms with E-state index in [1.165, 1.54) is 0 Å². The third kappa shape index (κ3) is 4.35. The third-order valence-corrected chi connectivity index (χ3v) is 5.25. The summed E-state index contributed by atoms with van der Waals surface area (Å²) in [4.78, 5) is 34.7. The molecule has 0 saturated carbocycles. The van der Waals surface area contributed by atoms with Gasteiger partial charge in [0.1, 0.15) is 6.10 Å². The molecule has 1 aromatic carbocycles. The Morgan fingerprint density at radius 1 is 1.19 bits per heavy atom. The topological polar surface area (TPSA) is 84.4 Å². The van der Waals surface area contributed by atoms with E-state index in [4.69, 9.17) is 4.74 Å². The molecule has 2 aliphatic rings. The van der Waals surface area contributed by atoms with Gasteiger partial charge in [-0.1, -0.05) is 12.1 Å². The molecule has 0 radical (unpaired) electrons. The minimum absolute atomic E-state index is 0.0133. The van der Waals surface area contributed by atoms with Crippen LogP contribution in [0.2, 0.25) is 0 Å². The Morgan fingerprint density at radius 2 is 1.96 bits per heavy atom. The number of piperidine rings is 2. The maximum absolute atomic E-state index is 12.5. The van der Waals surface area contributed by atoms with E-state index in [2.05, 4.69) is 15.3 Å². The molecule has 7 nitrogen and oxygen atoms in total. The number of carbonyl (C=O) groups is 2. The lowest BCUT2D eigenvalue weighted by Gasteiger charge is -2.33. The summed E-state index contributed by atoms with van der Waals surface area (Å²) in [5.74, 6) is 0.706.